The molecule has 0 unspecified atom stereocenters. The van der Waals surface area contributed by atoms with E-state index >= 15 is 0 Å². The van der Waals surface area contributed by atoms with Gasteiger partial charge in [-0.2, -0.15) is 9.97 Å². The number of pyridine rings is 1. The number of esters is 1. The number of aliphatic hydroxyl groups excluding tert-OH is 1. The first-order valence-corrected chi connectivity index (χ1v) is 46.3. The molecule has 0 atom stereocenters. The van der Waals surface area contributed by atoms with Crippen molar-refractivity contribution in [2.24, 2.45) is 23.7 Å². The molecule has 4 saturated heterocycles. The fraction of sp³-hybridized carbons (Fsp3) is 0.361. The van der Waals surface area contributed by atoms with E-state index in [4.69, 9.17) is 42.9 Å². The molecule has 22 nitrogen and oxygen atoms in total. The van der Waals surface area contributed by atoms with Crippen LogP contribution >= 0.6 is 0 Å². The van der Waals surface area contributed by atoms with Gasteiger partial charge in [-0.05, 0) is 342 Å². The molecule has 0 amide bonds. The van der Waals surface area contributed by atoms with E-state index < -0.39 is 5.97 Å². The lowest BCUT2D eigenvalue weighted by Crippen LogP contribution is -2.39. The number of ether oxygens (including phenoxy) is 4. The van der Waals surface area contributed by atoms with Crippen molar-refractivity contribution in [1.82, 2.24) is 39.5 Å². The number of H-pyrrole nitrogens is 1. The Balaban J connectivity index is 0.000000278. The molecule has 4 aliphatic heterocycles. The lowest BCUT2D eigenvalue weighted by Gasteiger charge is -2.30. The number of methoxy groups -OCH3 is 1. The van der Waals surface area contributed by atoms with Crippen molar-refractivity contribution in [1.29, 1.82) is 0 Å². The average Bonchev–Trinajstić information content (AvgIpc) is 1.70. The number of aliphatic hydroxyl groups is 1. The Morgan fingerprint density at radius 2 is 0.801 bits per heavy atom. The highest BCUT2D eigenvalue weighted by atomic mass is 16.6. The molecule has 0 radical (unpaired) electrons. The second-order valence-corrected chi connectivity index (χ2v) is 31.5. The van der Waals surface area contributed by atoms with E-state index in [2.05, 4.69) is 357 Å². The highest BCUT2D eigenvalue weighted by Crippen LogP contribution is 2.31. The molecular weight excluding hydrogens is 1760 g/mol. The summed E-state index contributed by atoms with van der Waals surface area (Å²) >= 11 is 0. The van der Waals surface area contributed by atoms with Crippen LogP contribution in [0.25, 0.3) is 11.2 Å². The van der Waals surface area contributed by atoms with Gasteiger partial charge in [0.1, 0.15) is 22.8 Å². The molecule has 6 aromatic rings. The number of nitro groups is 1. The zero-order valence-corrected chi connectivity index (χ0v) is 81.4. The fourth-order valence-electron chi connectivity index (χ4n) is 13.8. The summed E-state index contributed by atoms with van der Waals surface area (Å²) in [6, 6.07) is 20.6. The monoisotopic (exact) mass is 1870 g/mol. The number of hydrogen-bond acceptors (Lipinski definition) is 19. The Bertz CT molecular complexity index is 6650. The van der Waals surface area contributed by atoms with E-state index in [0.717, 1.165) is 97.0 Å². The molecule has 3 aromatic heterocycles. The van der Waals surface area contributed by atoms with Gasteiger partial charge in [0.25, 0.3) is 5.69 Å². The maximum absolute atomic E-state index is 11.0. The molecule has 7 heterocycles. The minimum atomic E-state index is -0.407. The second kappa shape index (κ2) is 70.1. The van der Waals surface area contributed by atoms with Crippen LogP contribution in [0.1, 0.15) is 150 Å². The number of likely N-dealkylation sites (tertiary alicyclic amines) is 4. The quantitative estimate of drug-likeness (QED) is 0.0119. The summed E-state index contributed by atoms with van der Waals surface area (Å²) in [6.45, 7) is 32.9. The molecule has 6 N–H and O–H groups in total. The number of benzene rings is 3. The van der Waals surface area contributed by atoms with Crippen LogP contribution < -0.4 is 35.1 Å². The van der Waals surface area contributed by atoms with Crippen molar-refractivity contribution < 1.29 is 43.1 Å². The van der Waals surface area contributed by atoms with Crippen LogP contribution in [-0.4, -0.2) is 180 Å². The number of rotatable bonds is 20. The Morgan fingerprint density at radius 3 is 1.11 bits per heavy atom. The molecule has 1 aliphatic carbocycles. The van der Waals surface area contributed by atoms with Crippen molar-refractivity contribution in [2.75, 3.05) is 128 Å². The molecule has 5 fully saturated rings. The van der Waals surface area contributed by atoms with Crippen LogP contribution in [0, 0.1) is 328 Å². The highest BCUT2D eigenvalue weighted by Gasteiger charge is 2.24. The molecule has 3 aromatic carbocycles. The number of carbonyl (C=O) groups excluding carboxylic acids is 2. The Kier molecular flexibility index (Phi) is 55.7. The lowest BCUT2D eigenvalue weighted by atomic mass is 9.95. The van der Waals surface area contributed by atoms with Gasteiger partial charge < -0.3 is 65.0 Å². The number of hydrogen-bond donors (Lipinski definition) is 5. The summed E-state index contributed by atoms with van der Waals surface area (Å²) in [6.07, 6.45) is 30.5. The number of aryl methyl sites for hydroxylation is 3. The molecular formula is C119H112N13O9+. The normalized spacial score (nSPS) is 12.9. The van der Waals surface area contributed by atoms with Gasteiger partial charge in [-0.1, -0.05) is 47.0 Å². The van der Waals surface area contributed by atoms with E-state index in [0.29, 0.717) is 65.6 Å². The first kappa shape index (κ1) is 112. The van der Waals surface area contributed by atoms with Gasteiger partial charge in [0.15, 0.2) is 23.9 Å². The predicted molar refractivity (Wildman–Crippen MR) is 558 cm³/mol. The standard InChI is InChI=1S/C46H2.C26H37N7O.C15H22N2O3.C15H24N2O.C9H10NO3.C8H17NO/c1-3-5-7-9-11-13-15-17-19-21-23-25-27-29-31-33-35-37-39-41-43-45-46-44-42-40-38-36-34-32-30-28-26-24-22-20-18-16-14-12-10-8-6-4-2;1-3-33-13-11-19(12-14-33)16-34-21-9-10-22(18(2)15-21)30-26-31-24-23(27-17-28-24)25(32-26)29-20-7-5-4-6-8-20;1-3-16-8-6-13(7-9-16)11-20-14-4-5-15(17(18)19)12(2)10-14;1-3-17-8-6-13(7-9-17)11-18-14-4-5-15(16)12(2)10-14;1-7(11)10-5-3-8(4-6-10)9(12)13-2;1-2-9-5-3-8(7-10)4-6-9/h1-2H;9-10,15,17,19-20H,3-8,11-14,16H2,1-2H3,(H3,27,28,29,30,31,32);4-5,10,13H,3,6-9,11H2,1-2H3;4-5,10,13H,3,6-9,11,16H2,1-2H3;3-6H,1-2H3;8,10H,2-7H2,1H3/q;;;;+1;. The molecule has 141 heavy (non-hydrogen) atoms. The van der Waals surface area contributed by atoms with E-state index in [-0.39, 0.29) is 16.5 Å². The fourth-order valence-corrected chi connectivity index (χ4v) is 13.8. The van der Waals surface area contributed by atoms with Crippen LogP contribution in [0.4, 0.5) is 28.8 Å². The maximum atomic E-state index is 11.0. The highest BCUT2D eigenvalue weighted by molar-refractivity contribution is 5.89. The van der Waals surface area contributed by atoms with Crippen LogP contribution in [-0.2, 0) is 4.74 Å². The van der Waals surface area contributed by atoms with Gasteiger partial charge in [0, 0.05) is 214 Å². The number of piperidine rings is 4. The van der Waals surface area contributed by atoms with Crippen LogP contribution in [0.15, 0.2) is 85.5 Å². The zero-order chi connectivity index (χ0) is 101. The molecule has 706 valence electrons. The number of terminal acetylenes is 2. The number of nitrogens with two attached hydrogens (primary N) is 1. The first-order valence-electron chi connectivity index (χ1n) is 46.3. The second-order valence-electron chi connectivity index (χ2n) is 31.5. The summed E-state index contributed by atoms with van der Waals surface area (Å²) in [5, 5.41) is 26.6. The van der Waals surface area contributed by atoms with E-state index in [1.165, 1.54) is 178 Å². The average molecular weight is 1870 g/mol. The summed E-state index contributed by atoms with van der Waals surface area (Å²) in [5.74, 6) is 114. The number of nitrogens with zero attached hydrogens (tertiary/aromatic N) is 9. The number of carbonyl (C=O) groups is 2. The third-order valence-corrected chi connectivity index (χ3v) is 21.9. The zero-order valence-electron chi connectivity index (χ0n) is 81.4. The smallest absolute Gasteiger partial charge is 0.389 e. The van der Waals surface area contributed by atoms with Crippen molar-refractivity contribution in [3.8, 4) is 291 Å². The van der Waals surface area contributed by atoms with E-state index in [9.17, 15) is 19.7 Å². The lowest BCUT2D eigenvalue weighted by molar-refractivity contribution is -0.572. The predicted octanol–water partition coefficient (Wildman–Crippen LogP) is 12.4. The first-order chi connectivity index (χ1) is 68.9. The Hall–Kier alpha value is -17.6. The molecule has 0 bridgehead atoms. The Labute approximate surface area is 835 Å². The summed E-state index contributed by atoms with van der Waals surface area (Å²) in [4.78, 5) is 59.1. The van der Waals surface area contributed by atoms with Crippen LogP contribution in [0.2, 0.25) is 0 Å². The summed E-state index contributed by atoms with van der Waals surface area (Å²) < 4.78 is 23.7. The number of imidazole rings is 1. The minimum Gasteiger partial charge on any atom is -0.493 e. The van der Waals surface area contributed by atoms with Gasteiger partial charge >= 0.3 is 11.9 Å². The maximum Gasteiger partial charge on any atom is 0.389 e. The number of nitrogen functional groups attached to an aromatic ring is 1. The third-order valence-electron chi connectivity index (χ3n) is 21.9. The summed E-state index contributed by atoms with van der Waals surface area (Å²) in [5.41, 5.74) is 12.6. The van der Waals surface area contributed by atoms with E-state index in [1.807, 2.05) is 31.2 Å². The number of anilines is 4. The molecule has 5 aliphatic rings. The molecule has 11 rings (SSSR count). The number of nitrogens with one attached hydrogen (secondary N) is 3. The van der Waals surface area contributed by atoms with Gasteiger partial charge in [0.05, 0.1) is 50.7 Å². The largest absolute Gasteiger partial charge is 0.493 e. The van der Waals surface area contributed by atoms with Crippen molar-refractivity contribution in [3.63, 3.8) is 0 Å². The van der Waals surface area contributed by atoms with Crippen LogP contribution in [0.3, 0.4) is 0 Å². The van der Waals surface area contributed by atoms with Crippen molar-refractivity contribution in [3.05, 3.63) is 118 Å². The minimum absolute atomic E-state index is 0.101. The third kappa shape index (κ3) is 48.4. The SMILES string of the molecule is C#CC#CC#CC#CC#CC#CC#CC#CC#CC#CC#CC#CC#CC#CC#CC#CC#CC#CC#CC#CC#CC#CC#C.CCN1CCC(CO)CC1.CCN1CCC(COc2ccc(N)c(C)c2)CC1.CCN1CCC(COc2ccc(Nc3nc(NC4CCCCC4)c4[nH]cnc4n3)c(C)c2)CC1.CCN1CCC(COc2ccc([N+](=O)[O-])c(C)c2)CC1.COC(=O)c1cc[n+](C(C)=O)cc1. The van der Waals surface area contributed by atoms with Gasteiger partial charge in [0.2, 0.25) is 5.95 Å². The van der Waals surface area contributed by atoms with Crippen molar-refractivity contribution >= 4 is 51.9 Å². The van der Waals surface area contributed by atoms with Crippen LogP contribution in [0.5, 0.6) is 17.2 Å². The van der Waals surface area contributed by atoms with Gasteiger partial charge in [-0.25, -0.2) is 14.6 Å². The number of fused-ring (bicyclic) bond motifs is 1. The molecule has 0 spiro atoms. The van der Waals surface area contributed by atoms with E-state index in [1.54, 1.807) is 25.4 Å². The Morgan fingerprint density at radius 1 is 0.468 bits per heavy atom. The van der Waals surface area contributed by atoms with Crippen molar-refractivity contribution in [2.45, 2.75) is 145 Å². The van der Waals surface area contributed by atoms with Gasteiger partial charge in [-0.15, -0.1) is 17.4 Å². The molecule has 22 heteroatoms. The number of nitro benzene ring substituents is 1. The number of aromatic nitrogens is 5. The topological polar surface area (TPSA) is 256 Å². The van der Waals surface area contributed by atoms with Gasteiger partial charge in [-0.3, -0.25) is 10.1 Å². The molecule has 1 saturated carbocycles. The number of aromatic amines is 1. The summed E-state index contributed by atoms with van der Waals surface area (Å²) in [7, 11) is 1.31.